The first kappa shape index (κ1) is 26.6. The van der Waals surface area contributed by atoms with Gasteiger partial charge in [0.1, 0.15) is 18.1 Å². The summed E-state index contributed by atoms with van der Waals surface area (Å²) in [6.45, 7) is 0.713. The van der Waals surface area contributed by atoms with Crippen molar-refractivity contribution in [1.82, 2.24) is 0 Å². The number of cyclic esters (lactones) is 1. The molecular formula is C30H28O11. The Bertz CT molecular complexity index is 1530. The lowest BCUT2D eigenvalue weighted by Gasteiger charge is -2.26. The van der Waals surface area contributed by atoms with Gasteiger partial charge in [0.15, 0.2) is 23.0 Å². The second-order valence-electron chi connectivity index (χ2n) is 9.36. The maximum Gasteiger partial charge on any atom is 0.342 e. The van der Waals surface area contributed by atoms with Crippen LogP contribution >= 0.6 is 0 Å². The van der Waals surface area contributed by atoms with Gasteiger partial charge in [-0.2, -0.15) is 0 Å². The molecule has 3 heterocycles. The number of fused-ring (bicyclic) bond motifs is 2. The van der Waals surface area contributed by atoms with Gasteiger partial charge < -0.3 is 47.7 Å². The lowest BCUT2D eigenvalue weighted by molar-refractivity contribution is -0.185. The summed E-state index contributed by atoms with van der Waals surface area (Å²) in [5.74, 6) is 0.391. The van der Waals surface area contributed by atoms with Crippen LogP contribution in [0.3, 0.4) is 0 Å². The molecule has 0 radical (unpaired) electrons. The van der Waals surface area contributed by atoms with E-state index in [4.69, 9.17) is 42.6 Å². The van der Waals surface area contributed by atoms with Crippen molar-refractivity contribution in [2.24, 2.45) is 0 Å². The molecule has 41 heavy (non-hydrogen) atoms. The molecule has 11 nitrogen and oxygen atoms in total. The van der Waals surface area contributed by atoms with Crippen molar-refractivity contribution in [1.29, 1.82) is 0 Å². The third kappa shape index (κ3) is 4.72. The largest absolute Gasteiger partial charge is 0.497 e. The quantitative estimate of drug-likeness (QED) is 0.287. The second kappa shape index (κ2) is 10.8. The van der Waals surface area contributed by atoms with Crippen molar-refractivity contribution < 1.29 is 52.5 Å². The van der Waals surface area contributed by atoms with E-state index < -0.39 is 11.8 Å². The molecule has 1 atom stereocenters. The Kier molecular flexibility index (Phi) is 6.98. The molecule has 11 heteroatoms. The van der Waals surface area contributed by atoms with E-state index in [1.54, 1.807) is 56.7 Å². The Morgan fingerprint density at radius 3 is 2.44 bits per heavy atom. The van der Waals surface area contributed by atoms with Crippen LogP contribution in [0, 0.1) is 0 Å². The zero-order valence-electron chi connectivity index (χ0n) is 22.7. The van der Waals surface area contributed by atoms with Gasteiger partial charge in [-0.15, -0.1) is 0 Å². The van der Waals surface area contributed by atoms with E-state index in [0.717, 1.165) is 0 Å². The Morgan fingerprint density at radius 1 is 0.829 bits per heavy atom. The molecule has 0 bridgehead atoms. The molecule has 0 spiro atoms. The monoisotopic (exact) mass is 564 g/mol. The van der Waals surface area contributed by atoms with Gasteiger partial charge in [0, 0.05) is 30.7 Å². The van der Waals surface area contributed by atoms with Crippen LogP contribution in [0.1, 0.15) is 16.7 Å². The predicted octanol–water partition coefficient (Wildman–Crippen LogP) is 3.58. The summed E-state index contributed by atoms with van der Waals surface area (Å²) in [7, 11) is 4.64. The first-order valence-corrected chi connectivity index (χ1v) is 12.8. The number of hydrogen-bond acceptors (Lipinski definition) is 11. The number of carbonyl (C=O) groups excluding carboxylic acids is 1. The van der Waals surface area contributed by atoms with E-state index >= 15 is 0 Å². The summed E-state index contributed by atoms with van der Waals surface area (Å²) in [5.41, 5.74) is 1.84. The number of carbonyl (C=O) groups is 1. The fraction of sp³-hybridized carbons (Fsp3) is 0.300. The van der Waals surface area contributed by atoms with Crippen LogP contribution in [-0.2, 0) is 26.5 Å². The first-order valence-electron chi connectivity index (χ1n) is 12.8. The van der Waals surface area contributed by atoms with E-state index in [1.807, 2.05) is 6.07 Å². The Morgan fingerprint density at radius 2 is 1.63 bits per heavy atom. The molecule has 1 N–H and O–H groups in total. The maximum atomic E-state index is 13.6. The third-order valence-corrected chi connectivity index (χ3v) is 7.05. The number of esters is 1. The number of ether oxygens (including phenoxy) is 9. The Balaban J connectivity index is 1.52. The van der Waals surface area contributed by atoms with E-state index in [9.17, 15) is 9.90 Å². The maximum absolute atomic E-state index is 13.6. The smallest absolute Gasteiger partial charge is 0.342 e. The summed E-state index contributed by atoms with van der Waals surface area (Å²) in [4.78, 5) is 13.6. The lowest BCUT2D eigenvalue weighted by Crippen LogP contribution is -2.29. The molecule has 3 aromatic rings. The van der Waals surface area contributed by atoms with Crippen molar-refractivity contribution in [3.8, 4) is 40.2 Å². The van der Waals surface area contributed by atoms with Gasteiger partial charge in [-0.1, -0.05) is 6.07 Å². The molecule has 3 aliphatic heterocycles. The van der Waals surface area contributed by atoms with E-state index in [1.165, 1.54) is 7.11 Å². The minimum Gasteiger partial charge on any atom is -0.497 e. The third-order valence-electron chi connectivity index (χ3n) is 7.05. The highest BCUT2D eigenvalue weighted by molar-refractivity contribution is 6.20. The number of benzene rings is 3. The zero-order valence-corrected chi connectivity index (χ0v) is 22.7. The molecule has 214 valence electrons. The molecule has 6 rings (SSSR count). The van der Waals surface area contributed by atoms with Gasteiger partial charge >= 0.3 is 5.97 Å². The fourth-order valence-electron chi connectivity index (χ4n) is 5.02. The van der Waals surface area contributed by atoms with Gasteiger partial charge in [-0.05, 0) is 47.5 Å². The number of methoxy groups -OCH3 is 3. The van der Waals surface area contributed by atoms with Crippen molar-refractivity contribution in [2.75, 3.05) is 48.1 Å². The molecule has 3 aromatic carbocycles. The second-order valence-corrected chi connectivity index (χ2v) is 9.36. The molecule has 3 aliphatic rings. The number of hydrogen-bond donors (Lipinski definition) is 1. The number of rotatable bonds is 10. The fourth-order valence-corrected chi connectivity index (χ4v) is 5.02. The van der Waals surface area contributed by atoms with Crippen LogP contribution in [0.25, 0.3) is 5.57 Å². The molecule has 0 fully saturated rings. The summed E-state index contributed by atoms with van der Waals surface area (Å²) >= 11 is 0. The van der Waals surface area contributed by atoms with Crippen LogP contribution in [0.5, 0.6) is 40.2 Å². The molecular weight excluding hydrogens is 536 g/mol. The van der Waals surface area contributed by atoms with Crippen molar-refractivity contribution in [2.45, 2.75) is 12.2 Å². The summed E-state index contributed by atoms with van der Waals surface area (Å²) in [5, 5.41) is 12.2. The van der Waals surface area contributed by atoms with Crippen molar-refractivity contribution in [3.63, 3.8) is 0 Å². The van der Waals surface area contributed by atoms with Crippen molar-refractivity contribution >= 4 is 11.5 Å². The highest BCUT2D eigenvalue weighted by Gasteiger charge is 2.49. The molecule has 0 aliphatic carbocycles. The topological polar surface area (TPSA) is 120 Å². The van der Waals surface area contributed by atoms with Crippen LogP contribution in [0.15, 0.2) is 54.1 Å². The summed E-state index contributed by atoms with van der Waals surface area (Å²) in [6, 6.07) is 13.5. The van der Waals surface area contributed by atoms with Crippen LogP contribution in [0.4, 0.5) is 0 Å². The van der Waals surface area contributed by atoms with Gasteiger partial charge in [0.25, 0.3) is 5.79 Å². The van der Waals surface area contributed by atoms with Crippen LogP contribution in [-0.4, -0.2) is 59.2 Å². The molecule has 0 aromatic heterocycles. The van der Waals surface area contributed by atoms with Gasteiger partial charge in [-0.25, -0.2) is 4.79 Å². The normalized spacial score (nSPS) is 18.5. The average Bonchev–Trinajstić information content (AvgIpc) is 3.71. The zero-order chi connectivity index (χ0) is 28.6. The summed E-state index contributed by atoms with van der Waals surface area (Å²) in [6.07, 6.45) is 0.0785. The molecule has 0 amide bonds. The lowest BCUT2D eigenvalue weighted by atomic mass is 9.87. The average molecular weight is 565 g/mol. The Labute approximate surface area is 235 Å². The standard InChI is InChI=1S/C30H28O11/c1-33-8-9-36-23-14-20(34-2)6-4-17(23)10-21-27(18-11-25(35-3)28-26(12-18)39-16-40-28)29(31)41-30(21,32)19-5-7-22-24(13-19)38-15-37-22/h4-7,11-14,32H,8-10,15-16H2,1-3H3. The highest BCUT2D eigenvalue weighted by Crippen LogP contribution is 2.50. The molecule has 0 saturated carbocycles. The van der Waals surface area contributed by atoms with Crippen LogP contribution < -0.4 is 33.2 Å². The van der Waals surface area contributed by atoms with Crippen LogP contribution in [0.2, 0.25) is 0 Å². The first-order chi connectivity index (χ1) is 19.9. The van der Waals surface area contributed by atoms with Crippen molar-refractivity contribution in [3.05, 3.63) is 70.8 Å². The van der Waals surface area contributed by atoms with E-state index in [-0.39, 0.29) is 37.8 Å². The molecule has 0 saturated heterocycles. The van der Waals surface area contributed by atoms with E-state index in [0.29, 0.717) is 63.5 Å². The van der Waals surface area contributed by atoms with Gasteiger partial charge in [0.05, 0.1) is 26.4 Å². The predicted molar refractivity (Wildman–Crippen MR) is 143 cm³/mol. The Hall–Kier alpha value is -4.61. The molecule has 1 unspecified atom stereocenters. The highest BCUT2D eigenvalue weighted by atomic mass is 16.7. The van der Waals surface area contributed by atoms with Gasteiger partial charge in [-0.3, -0.25) is 0 Å². The SMILES string of the molecule is COCCOc1cc(OC)ccc1CC1=C(c2cc(OC)c3c(c2)OCO3)C(=O)OC1(O)c1ccc2c(c1)OCO2. The van der Waals surface area contributed by atoms with Gasteiger partial charge in [0.2, 0.25) is 19.3 Å². The minimum absolute atomic E-state index is 0.0145. The van der Waals surface area contributed by atoms with E-state index in [2.05, 4.69) is 0 Å². The number of aliphatic hydroxyl groups is 1. The minimum atomic E-state index is -2.14. The summed E-state index contributed by atoms with van der Waals surface area (Å²) < 4.78 is 49.9.